The molecule has 0 amide bonds. The molecule has 198 valence electrons. The maximum absolute atomic E-state index is 8.94. The Morgan fingerprint density at radius 3 is 2.46 bits per heavy atom. The highest BCUT2D eigenvalue weighted by Gasteiger charge is 2.25. The summed E-state index contributed by atoms with van der Waals surface area (Å²) in [5.74, 6) is 1.51. The van der Waals surface area contributed by atoms with Crippen molar-refractivity contribution in [2.24, 2.45) is 5.92 Å². The average molecular weight is 507 g/mol. The van der Waals surface area contributed by atoms with E-state index in [0.717, 1.165) is 79.2 Å². The van der Waals surface area contributed by atoms with Crippen LogP contribution in [-0.4, -0.2) is 63.3 Å². The first-order valence-electron chi connectivity index (χ1n) is 13.1. The van der Waals surface area contributed by atoms with Crippen molar-refractivity contribution in [3.05, 3.63) is 58.8 Å². The van der Waals surface area contributed by atoms with Crippen molar-refractivity contribution in [1.29, 1.82) is 5.26 Å². The van der Waals surface area contributed by atoms with E-state index in [-0.39, 0.29) is 6.29 Å². The predicted octanol–water partition coefficient (Wildman–Crippen LogP) is 4.44. The molecular formula is C29H38N4O4. The van der Waals surface area contributed by atoms with Crippen LogP contribution < -0.4 is 10.1 Å². The average Bonchev–Trinajstić information content (AvgIpc) is 3.59. The molecule has 0 atom stereocenters. The fraction of sp³-hybridized carbons (Fsp3) is 0.517. The summed E-state index contributed by atoms with van der Waals surface area (Å²) in [6.45, 7) is 6.98. The number of hydrogen-bond donors (Lipinski definition) is 1. The molecule has 8 nitrogen and oxygen atoms in total. The second-order valence-corrected chi connectivity index (χ2v) is 9.75. The van der Waals surface area contributed by atoms with E-state index >= 15 is 0 Å². The molecule has 1 aromatic heterocycles. The number of nitriles is 1. The number of nitrogens with one attached hydrogen (secondary N) is 1. The molecule has 2 aromatic carbocycles. The Morgan fingerprint density at radius 1 is 1.08 bits per heavy atom. The van der Waals surface area contributed by atoms with E-state index < -0.39 is 0 Å². The van der Waals surface area contributed by atoms with Gasteiger partial charge in [0.25, 0.3) is 0 Å². The van der Waals surface area contributed by atoms with E-state index in [4.69, 9.17) is 24.0 Å². The second kappa shape index (κ2) is 13.5. The SMILES string of the molecule is CNC.Cc1c(OCc2ccc(C#N)cc2)ccc2c(CCC3CCN(CC4OCCO4)CC3)noc12. The maximum atomic E-state index is 8.94. The van der Waals surface area contributed by atoms with Gasteiger partial charge < -0.3 is 24.1 Å². The lowest BCUT2D eigenvalue weighted by molar-refractivity contribution is -0.0661. The molecular weight excluding hydrogens is 468 g/mol. The number of ether oxygens (including phenoxy) is 3. The lowest BCUT2D eigenvalue weighted by atomic mass is 9.91. The molecule has 5 rings (SSSR count). The highest BCUT2D eigenvalue weighted by atomic mass is 16.7. The number of aryl methyl sites for hydroxylation is 2. The predicted molar refractivity (Wildman–Crippen MR) is 142 cm³/mol. The van der Waals surface area contributed by atoms with E-state index in [1.165, 1.54) is 12.8 Å². The van der Waals surface area contributed by atoms with Crippen LogP contribution in [0.25, 0.3) is 11.0 Å². The van der Waals surface area contributed by atoms with Gasteiger partial charge in [0.05, 0.1) is 30.5 Å². The Labute approximate surface area is 219 Å². The zero-order valence-corrected chi connectivity index (χ0v) is 22.2. The fourth-order valence-electron chi connectivity index (χ4n) is 4.86. The minimum Gasteiger partial charge on any atom is -0.488 e. The van der Waals surface area contributed by atoms with Crippen LogP contribution in [-0.2, 0) is 22.5 Å². The third kappa shape index (κ3) is 7.30. The number of piperidine rings is 1. The number of rotatable bonds is 8. The van der Waals surface area contributed by atoms with Crippen molar-refractivity contribution in [3.63, 3.8) is 0 Å². The Morgan fingerprint density at radius 2 is 1.78 bits per heavy atom. The quantitative estimate of drug-likeness (QED) is 0.479. The second-order valence-electron chi connectivity index (χ2n) is 9.75. The normalized spacial score (nSPS) is 16.9. The van der Waals surface area contributed by atoms with Crippen LogP contribution in [0.5, 0.6) is 5.75 Å². The Hall–Kier alpha value is -2.96. The first-order valence-corrected chi connectivity index (χ1v) is 13.1. The van der Waals surface area contributed by atoms with Gasteiger partial charge in [-0.15, -0.1) is 0 Å². The number of likely N-dealkylation sites (tertiary alicyclic amines) is 1. The Kier molecular flexibility index (Phi) is 9.92. The smallest absolute Gasteiger partial charge is 0.173 e. The number of benzene rings is 2. The first kappa shape index (κ1) is 27.1. The van der Waals surface area contributed by atoms with Gasteiger partial charge in [0, 0.05) is 17.5 Å². The lowest BCUT2D eigenvalue weighted by Gasteiger charge is -2.32. The molecule has 1 N–H and O–H groups in total. The van der Waals surface area contributed by atoms with Crippen LogP contribution >= 0.6 is 0 Å². The molecule has 3 aromatic rings. The van der Waals surface area contributed by atoms with Gasteiger partial charge >= 0.3 is 0 Å². The minimum absolute atomic E-state index is 0.0423. The van der Waals surface area contributed by atoms with Gasteiger partial charge in [0.1, 0.15) is 12.4 Å². The molecule has 2 saturated heterocycles. The van der Waals surface area contributed by atoms with E-state index in [0.29, 0.717) is 18.1 Å². The molecule has 2 fully saturated rings. The number of aromatic nitrogens is 1. The fourth-order valence-corrected chi connectivity index (χ4v) is 4.86. The number of nitrogens with zero attached hydrogens (tertiary/aromatic N) is 3. The van der Waals surface area contributed by atoms with Crippen molar-refractivity contribution in [1.82, 2.24) is 15.4 Å². The van der Waals surface area contributed by atoms with Crippen molar-refractivity contribution < 1.29 is 18.7 Å². The summed E-state index contributed by atoms with van der Waals surface area (Å²) in [6, 6.07) is 13.6. The van der Waals surface area contributed by atoms with Gasteiger partial charge in [-0.3, -0.25) is 4.90 Å². The Bertz CT molecular complexity index is 1160. The first-order chi connectivity index (χ1) is 18.1. The van der Waals surface area contributed by atoms with E-state index in [9.17, 15) is 0 Å². The standard InChI is InChI=1S/C27H31N3O4.C2H7N/c1-19-25(33-18-22-4-2-21(16-28)3-5-22)9-7-23-24(29-34-27(19)23)8-6-20-10-12-30(13-11-20)17-26-31-14-15-32-26;1-3-2/h2-5,7,9,20,26H,6,8,10-15,17-18H2,1H3;3H,1-2H3. The summed E-state index contributed by atoms with van der Waals surface area (Å²) in [6.07, 6.45) is 4.42. The monoisotopic (exact) mass is 506 g/mol. The van der Waals surface area contributed by atoms with E-state index in [2.05, 4.69) is 27.5 Å². The van der Waals surface area contributed by atoms with Crippen molar-refractivity contribution in [3.8, 4) is 11.8 Å². The summed E-state index contributed by atoms with van der Waals surface area (Å²) in [5.41, 5.74) is 4.47. The topological polar surface area (TPSA) is 92.8 Å². The van der Waals surface area contributed by atoms with Gasteiger partial charge in [-0.05, 0) is 95.5 Å². The molecule has 0 aliphatic carbocycles. The number of fused-ring (bicyclic) bond motifs is 1. The summed E-state index contributed by atoms with van der Waals surface area (Å²) in [7, 11) is 3.75. The molecule has 0 spiro atoms. The van der Waals surface area contributed by atoms with Gasteiger partial charge in [-0.2, -0.15) is 5.26 Å². The number of hydrogen-bond acceptors (Lipinski definition) is 8. The molecule has 8 heteroatoms. The third-order valence-electron chi connectivity index (χ3n) is 6.99. The van der Waals surface area contributed by atoms with Gasteiger partial charge in [-0.1, -0.05) is 17.3 Å². The molecule has 0 radical (unpaired) electrons. The zero-order valence-electron chi connectivity index (χ0n) is 22.2. The lowest BCUT2D eigenvalue weighted by Crippen LogP contribution is -2.39. The van der Waals surface area contributed by atoms with Crippen LogP contribution in [0.3, 0.4) is 0 Å². The molecule has 3 heterocycles. The highest BCUT2D eigenvalue weighted by Crippen LogP contribution is 2.31. The van der Waals surface area contributed by atoms with Crippen molar-refractivity contribution >= 4 is 11.0 Å². The molecule has 0 saturated carbocycles. The molecule has 0 unspecified atom stereocenters. The highest BCUT2D eigenvalue weighted by molar-refractivity contribution is 5.84. The van der Waals surface area contributed by atoms with E-state index in [1.54, 1.807) is 12.1 Å². The molecule has 2 aliphatic heterocycles. The van der Waals surface area contributed by atoms with Crippen LogP contribution in [0.2, 0.25) is 0 Å². The van der Waals surface area contributed by atoms with Crippen molar-refractivity contribution in [2.75, 3.05) is 46.9 Å². The van der Waals surface area contributed by atoms with Crippen molar-refractivity contribution in [2.45, 2.75) is 45.5 Å². The minimum atomic E-state index is -0.0423. The molecule has 2 aliphatic rings. The third-order valence-corrected chi connectivity index (χ3v) is 6.99. The zero-order chi connectivity index (χ0) is 26.0. The summed E-state index contributed by atoms with van der Waals surface area (Å²) in [5, 5.41) is 17.2. The van der Waals surface area contributed by atoms with Crippen LogP contribution in [0, 0.1) is 24.2 Å². The molecule has 37 heavy (non-hydrogen) atoms. The van der Waals surface area contributed by atoms with Crippen LogP contribution in [0.4, 0.5) is 0 Å². The van der Waals surface area contributed by atoms with E-state index in [1.807, 2.05) is 39.2 Å². The largest absolute Gasteiger partial charge is 0.488 e. The van der Waals surface area contributed by atoms with Gasteiger partial charge in [-0.25, -0.2) is 0 Å². The van der Waals surface area contributed by atoms with Gasteiger partial charge in [0.2, 0.25) is 0 Å². The van der Waals surface area contributed by atoms with Crippen LogP contribution in [0.15, 0.2) is 40.9 Å². The maximum Gasteiger partial charge on any atom is 0.173 e. The summed E-state index contributed by atoms with van der Waals surface area (Å²) >= 11 is 0. The summed E-state index contributed by atoms with van der Waals surface area (Å²) < 4.78 is 22.9. The molecule has 0 bridgehead atoms. The van der Waals surface area contributed by atoms with Gasteiger partial charge in [0.15, 0.2) is 11.9 Å². The van der Waals surface area contributed by atoms with Crippen LogP contribution in [0.1, 0.15) is 41.6 Å². The Balaban J connectivity index is 0.00000102. The summed E-state index contributed by atoms with van der Waals surface area (Å²) in [4.78, 5) is 2.46.